The molecule has 0 aliphatic heterocycles. The van der Waals surface area contributed by atoms with E-state index in [4.69, 9.17) is 0 Å². The Morgan fingerprint density at radius 1 is 1.24 bits per heavy atom. The number of aryl methyl sites for hydroxylation is 2. The van der Waals surface area contributed by atoms with E-state index in [2.05, 4.69) is 15.2 Å². The van der Waals surface area contributed by atoms with Crippen LogP contribution in [0.4, 0.5) is 0 Å². The molecule has 0 spiro atoms. The second-order valence-electron chi connectivity index (χ2n) is 3.89. The second kappa shape index (κ2) is 4.67. The molecule has 0 saturated heterocycles. The summed E-state index contributed by atoms with van der Waals surface area (Å²) in [5.74, 6) is 1.45. The zero-order valence-corrected chi connectivity index (χ0v) is 10.5. The van der Waals surface area contributed by atoms with Crippen LogP contribution in [0.3, 0.4) is 0 Å². The Hall–Kier alpha value is -1.69. The van der Waals surface area contributed by atoms with Gasteiger partial charge >= 0.3 is 0 Å². The Labute approximate surface area is 101 Å². The van der Waals surface area contributed by atoms with Crippen molar-refractivity contribution in [2.24, 2.45) is 0 Å². The van der Waals surface area contributed by atoms with Gasteiger partial charge < -0.3 is 4.98 Å². The van der Waals surface area contributed by atoms with Crippen LogP contribution in [-0.2, 0) is 16.5 Å². The van der Waals surface area contributed by atoms with Crippen LogP contribution < -0.4 is 0 Å². The number of nitrogens with zero attached hydrogens (tertiary/aromatic N) is 2. The molecule has 2 rings (SSSR count). The van der Waals surface area contributed by atoms with Gasteiger partial charge in [-0.1, -0.05) is 12.1 Å². The molecule has 0 fully saturated rings. The Bertz CT molecular complexity index is 609. The van der Waals surface area contributed by atoms with Crippen molar-refractivity contribution in [1.29, 1.82) is 0 Å². The summed E-state index contributed by atoms with van der Waals surface area (Å²) in [6, 6.07) is 5.62. The van der Waals surface area contributed by atoms with Gasteiger partial charge in [0.2, 0.25) is 0 Å². The first-order valence-corrected chi connectivity index (χ1v) is 6.53. The molecule has 90 valence electrons. The monoisotopic (exact) mass is 251 g/mol. The lowest BCUT2D eigenvalue weighted by molar-refractivity contribution is 0.614. The molecule has 0 amide bonds. The Balaban J connectivity index is 2.43. The molecule has 0 unspecified atom stereocenters. The molecule has 17 heavy (non-hydrogen) atoms. The highest BCUT2D eigenvalue weighted by molar-refractivity contribution is 7.71. The summed E-state index contributed by atoms with van der Waals surface area (Å²) in [5.41, 5.74) is 2.61. The zero-order chi connectivity index (χ0) is 12.4. The lowest BCUT2D eigenvalue weighted by Crippen LogP contribution is -1.93. The van der Waals surface area contributed by atoms with Crippen molar-refractivity contribution in [2.75, 3.05) is 0 Å². The van der Waals surface area contributed by atoms with Crippen molar-refractivity contribution in [2.45, 2.75) is 19.6 Å². The number of hydrogen-bond acceptors (Lipinski definition) is 4. The largest absolute Gasteiger partial charge is 0.325 e. The lowest BCUT2D eigenvalue weighted by atomic mass is 10.1. The van der Waals surface area contributed by atoms with E-state index in [0.717, 1.165) is 22.5 Å². The minimum absolute atomic E-state index is 0.0577. The van der Waals surface area contributed by atoms with Crippen LogP contribution >= 0.6 is 0 Å². The number of hydrogen-bond donors (Lipinski definition) is 2. The van der Waals surface area contributed by atoms with E-state index < -0.39 is 10.7 Å². The average molecular weight is 251 g/mol. The standard InChI is InChI=1S/C11H13N3O2S/c1-7-3-4-9(5-10(7)6-17(15)16)11-12-8(2)13-14-11/h3-5,17H,6H2,1-2H3,(H,12,13,14). The minimum Gasteiger partial charge on any atom is -0.325 e. The molecule has 1 heterocycles. The van der Waals surface area contributed by atoms with Crippen LogP contribution in [0.5, 0.6) is 0 Å². The van der Waals surface area contributed by atoms with E-state index in [1.54, 1.807) is 0 Å². The molecule has 0 atom stereocenters. The van der Waals surface area contributed by atoms with E-state index in [-0.39, 0.29) is 5.75 Å². The van der Waals surface area contributed by atoms with Gasteiger partial charge in [-0.15, -0.1) is 10.2 Å². The predicted octanol–water partition coefficient (Wildman–Crippen LogP) is 1.20. The van der Waals surface area contributed by atoms with E-state index >= 15 is 0 Å². The summed E-state index contributed by atoms with van der Waals surface area (Å²) < 4.78 is 21.5. The maximum Gasteiger partial charge on any atom is 0.161 e. The maximum atomic E-state index is 10.8. The van der Waals surface area contributed by atoms with Gasteiger partial charge in [0.1, 0.15) is 16.5 Å². The third-order valence-electron chi connectivity index (χ3n) is 2.52. The number of rotatable bonds is 3. The third kappa shape index (κ3) is 2.71. The van der Waals surface area contributed by atoms with Crippen molar-refractivity contribution in [3.8, 4) is 11.4 Å². The first kappa shape index (κ1) is 11.8. The summed E-state index contributed by atoms with van der Waals surface area (Å²) in [7, 11) is -2.42. The smallest absolute Gasteiger partial charge is 0.161 e. The molecular weight excluding hydrogens is 238 g/mol. The van der Waals surface area contributed by atoms with Crippen LogP contribution in [0, 0.1) is 13.8 Å². The van der Waals surface area contributed by atoms with Crippen LogP contribution in [0.25, 0.3) is 11.4 Å². The number of aromatic nitrogens is 3. The first-order valence-electron chi connectivity index (χ1n) is 5.17. The molecule has 0 saturated carbocycles. The molecule has 1 aromatic carbocycles. The number of aromatic amines is 1. The van der Waals surface area contributed by atoms with Gasteiger partial charge in [0.15, 0.2) is 5.82 Å². The predicted molar refractivity (Wildman–Crippen MR) is 65.3 cm³/mol. The number of benzene rings is 1. The van der Waals surface area contributed by atoms with E-state index in [9.17, 15) is 8.42 Å². The van der Waals surface area contributed by atoms with Gasteiger partial charge in [0.05, 0.1) is 5.75 Å². The minimum atomic E-state index is -2.42. The van der Waals surface area contributed by atoms with Crippen LogP contribution in [0.1, 0.15) is 17.0 Å². The molecule has 0 radical (unpaired) electrons. The summed E-state index contributed by atoms with van der Waals surface area (Å²) in [6.45, 7) is 3.71. The molecule has 6 heteroatoms. The fourth-order valence-corrected chi connectivity index (χ4v) is 2.22. The Morgan fingerprint density at radius 2 is 2.00 bits per heavy atom. The highest BCUT2D eigenvalue weighted by atomic mass is 32.2. The zero-order valence-electron chi connectivity index (χ0n) is 9.60. The van der Waals surface area contributed by atoms with Crippen molar-refractivity contribution in [3.63, 3.8) is 0 Å². The average Bonchev–Trinajstić information content (AvgIpc) is 2.67. The number of thiol groups is 1. The lowest BCUT2D eigenvalue weighted by Gasteiger charge is -2.04. The molecule has 0 bridgehead atoms. The molecular formula is C11H13N3O2S. The van der Waals surface area contributed by atoms with Gasteiger partial charge in [-0.05, 0) is 31.0 Å². The summed E-state index contributed by atoms with van der Waals surface area (Å²) >= 11 is 0. The van der Waals surface area contributed by atoms with Gasteiger partial charge in [0, 0.05) is 5.56 Å². The van der Waals surface area contributed by atoms with Crippen molar-refractivity contribution >= 4 is 10.7 Å². The second-order valence-corrected chi connectivity index (χ2v) is 4.87. The van der Waals surface area contributed by atoms with Gasteiger partial charge in [-0.25, -0.2) is 8.42 Å². The Morgan fingerprint density at radius 3 is 2.59 bits per heavy atom. The first-order chi connectivity index (χ1) is 8.06. The van der Waals surface area contributed by atoms with Crippen molar-refractivity contribution < 1.29 is 8.42 Å². The highest BCUT2D eigenvalue weighted by Gasteiger charge is 2.06. The van der Waals surface area contributed by atoms with E-state index in [1.165, 1.54) is 0 Å². The molecule has 1 aromatic heterocycles. The normalized spacial score (nSPS) is 11.0. The highest BCUT2D eigenvalue weighted by Crippen LogP contribution is 2.19. The van der Waals surface area contributed by atoms with Crippen LogP contribution in [-0.4, -0.2) is 23.6 Å². The quantitative estimate of drug-likeness (QED) is 0.804. The third-order valence-corrected chi connectivity index (χ3v) is 3.12. The maximum absolute atomic E-state index is 10.8. The van der Waals surface area contributed by atoms with Crippen LogP contribution in [0.15, 0.2) is 18.2 Å². The number of nitrogens with one attached hydrogen (secondary N) is 1. The van der Waals surface area contributed by atoms with E-state index in [1.807, 2.05) is 32.0 Å². The van der Waals surface area contributed by atoms with Crippen molar-refractivity contribution in [1.82, 2.24) is 15.2 Å². The molecule has 0 aliphatic carbocycles. The van der Waals surface area contributed by atoms with Gasteiger partial charge in [-0.3, -0.25) is 0 Å². The molecule has 0 aliphatic rings. The van der Waals surface area contributed by atoms with Gasteiger partial charge in [-0.2, -0.15) is 0 Å². The summed E-state index contributed by atoms with van der Waals surface area (Å²) in [4.78, 5) is 3.02. The SMILES string of the molecule is Cc1nnc(-c2ccc(C)c(C[SH](=O)=O)c2)[nH]1. The Kier molecular flexibility index (Phi) is 3.23. The number of H-pyrrole nitrogens is 1. The van der Waals surface area contributed by atoms with Gasteiger partial charge in [0.25, 0.3) is 0 Å². The van der Waals surface area contributed by atoms with Crippen molar-refractivity contribution in [3.05, 3.63) is 35.2 Å². The molecule has 1 N–H and O–H groups in total. The molecule has 2 aromatic rings. The van der Waals surface area contributed by atoms with Crippen LogP contribution in [0.2, 0.25) is 0 Å². The fraction of sp³-hybridized carbons (Fsp3) is 0.273. The summed E-state index contributed by atoms with van der Waals surface area (Å²) in [5, 5.41) is 7.86. The molecule has 5 nitrogen and oxygen atoms in total. The fourth-order valence-electron chi connectivity index (χ4n) is 1.60. The summed E-state index contributed by atoms with van der Waals surface area (Å²) in [6.07, 6.45) is 0. The van der Waals surface area contributed by atoms with E-state index in [0.29, 0.717) is 5.82 Å². The topological polar surface area (TPSA) is 75.7 Å².